The van der Waals surface area contributed by atoms with E-state index in [4.69, 9.17) is 17.0 Å². The molecule has 7 rings (SSSR count). The molecule has 0 amide bonds. The fraction of sp³-hybridized carbons (Fsp3) is 0.362. The van der Waals surface area contributed by atoms with Crippen molar-refractivity contribution in [2.45, 2.75) is 111 Å². The summed E-state index contributed by atoms with van der Waals surface area (Å²) in [4.78, 5) is 0. The van der Waals surface area contributed by atoms with Crippen molar-refractivity contribution in [3.63, 3.8) is 0 Å². The second-order valence-corrected chi connectivity index (χ2v) is 20.1. The Balaban J connectivity index is 0.000000200. The van der Waals surface area contributed by atoms with E-state index < -0.39 is 20.8 Å². The van der Waals surface area contributed by atoms with Crippen molar-refractivity contribution in [3.05, 3.63) is 131 Å². The quantitative estimate of drug-likeness (QED) is 0.123. The van der Waals surface area contributed by atoms with Crippen LogP contribution in [0.2, 0.25) is 13.1 Å². The topological polar surface area (TPSA) is 0 Å². The Kier molecular flexibility index (Phi) is 16.1. The van der Waals surface area contributed by atoms with Crippen molar-refractivity contribution in [1.29, 1.82) is 0 Å². The molecule has 1 aliphatic rings. The van der Waals surface area contributed by atoms with E-state index in [0.29, 0.717) is 5.92 Å². The van der Waals surface area contributed by atoms with Crippen LogP contribution in [0.5, 0.6) is 0 Å². The van der Waals surface area contributed by atoms with Gasteiger partial charge in [-0.1, -0.05) is 153 Å². The third-order valence-electron chi connectivity index (χ3n) is 10.0. The fourth-order valence-electron chi connectivity index (χ4n) is 7.20. The van der Waals surface area contributed by atoms with Crippen LogP contribution < -0.4 is 0 Å². The van der Waals surface area contributed by atoms with Crippen LogP contribution >= 0.6 is 17.0 Å². The number of hydrogen-bond donors (Lipinski definition) is 0. The Labute approximate surface area is 330 Å². The van der Waals surface area contributed by atoms with E-state index in [0.717, 1.165) is 15.4 Å². The molecule has 0 nitrogen and oxygen atoms in total. The number of fused-ring (bicyclic) bond motifs is 2. The van der Waals surface area contributed by atoms with Gasteiger partial charge in [0.25, 0.3) is 0 Å². The number of hydrogen-bond acceptors (Lipinski definition) is 0. The Morgan fingerprint density at radius 3 is 1.86 bits per heavy atom. The fourth-order valence-corrected chi connectivity index (χ4v) is 7.20. The van der Waals surface area contributed by atoms with Crippen molar-refractivity contribution < 1.29 is 20.8 Å². The summed E-state index contributed by atoms with van der Waals surface area (Å²) in [5.74, 6) is 1.37. The normalized spacial score (nSPS) is 13.1. The molecule has 0 heterocycles. The van der Waals surface area contributed by atoms with Gasteiger partial charge < -0.3 is 0 Å². The summed E-state index contributed by atoms with van der Waals surface area (Å²) in [6.45, 7) is 20.0. The first kappa shape index (κ1) is 41.5. The minimum atomic E-state index is -0.826. The van der Waals surface area contributed by atoms with E-state index in [1.54, 1.807) is 0 Å². The summed E-state index contributed by atoms with van der Waals surface area (Å²) < 4.78 is 0. The van der Waals surface area contributed by atoms with Crippen LogP contribution in [0.1, 0.15) is 106 Å². The van der Waals surface area contributed by atoms with Crippen LogP contribution in [0, 0.1) is 13.8 Å². The molecule has 4 heteroatoms. The van der Waals surface area contributed by atoms with E-state index in [9.17, 15) is 0 Å². The van der Waals surface area contributed by atoms with Crippen LogP contribution in [0.25, 0.3) is 43.8 Å². The Morgan fingerprint density at radius 2 is 1.29 bits per heavy atom. The zero-order valence-corrected chi connectivity index (χ0v) is 37.2. The predicted octanol–water partition coefficient (Wildman–Crippen LogP) is 15.7. The molecule has 0 saturated heterocycles. The molecule has 2 radical (unpaired) electrons. The zero-order valence-electron chi connectivity index (χ0n) is 32.3. The van der Waals surface area contributed by atoms with Crippen molar-refractivity contribution in [3.8, 4) is 22.3 Å². The second kappa shape index (κ2) is 19.7. The molecule has 1 fully saturated rings. The van der Waals surface area contributed by atoms with Crippen LogP contribution in [-0.4, -0.2) is 9.52 Å². The summed E-state index contributed by atoms with van der Waals surface area (Å²) in [5.41, 5.74) is 12.6. The zero-order chi connectivity index (χ0) is 37.1. The minimum absolute atomic E-state index is 0.206. The molecule has 266 valence electrons. The van der Waals surface area contributed by atoms with Gasteiger partial charge in [-0.3, -0.25) is 0 Å². The van der Waals surface area contributed by atoms with Crippen LogP contribution in [-0.2, 0) is 26.3 Å². The van der Waals surface area contributed by atoms with E-state index in [1.807, 2.05) is 0 Å². The summed E-state index contributed by atoms with van der Waals surface area (Å²) in [5, 5.41) is 5.51. The van der Waals surface area contributed by atoms with Gasteiger partial charge in [0, 0.05) is 9.52 Å². The van der Waals surface area contributed by atoms with Gasteiger partial charge in [0.05, 0.1) is 0 Å². The van der Waals surface area contributed by atoms with Gasteiger partial charge in [0.1, 0.15) is 0 Å². The summed E-state index contributed by atoms with van der Waals surface area (Å²) in [6.07, 6.45) is 6.96. The predicted molar refractivity (Wildman–Crippen MR) is 227 cm³/mol. The Hall–Kier alpha value is -2.22. The number of rotatable bonds is 4. The first-order valence-corrected chi connectivity index (χ1v) is 26.9. The van der Waals surface area contributed by atoms with Gasteiger partial charge in [0.15, 0.2) is 0 Å². The van der Waals surface area contributed by atoms with E-state index in [-0.39, 0.29) is 5.41 Å². The molecule has 0 bridgehead atoms. The van der Waals surface area contributed by atoms with Gasteiger partial charge >= 0.3 is 37.9 Å². The van der Waals surface area contributed by atoms with Gasteiger partial charge in [0.2, 0.25) is 0 Å². The molecule has 0 atom stereocenters. The van der Waals surface area contributed by atoms with Gasteiger partial charge in [-0.05, 0) is 52.3 Å². The third-order valence-corrected chi connectivity index (χ3v) is 10.0. The van der Waals surface area contributed by atoms with Crippen LogP contribution in [0.4, 0.5) is 0 Å². The van der Waals surface area contributed by atoms with Crippen LogP contribution in [0.15, 0.2) is 103 Å². The summed E-state index contributed by atoms with van der Waals surface area (Å²) in [7, 11) is 11.0. The molecule has 6 aromatic carbocycles. The number of benzene rings is 4. The number of aryl methyl sites for hydroxylation is 2. The molecule has 51 heavy (non-hydrogen) atoms. The summed E-state index contributed by atoms with van der Waals surface area (Å²) >= 11 is -0.826. The van der Waals surface area contributed by atoms with Crippen molar-refractivity contribution in [1.82, 2.24) is 0 Å². The van der Waals surface area contributed by atoms with Crippen molar-refractivity contribution in [2.75, 3.05) is 0 Å². The van der Waals surface area contributed by atoms with Gasteiger partial charge in [-0.15, -0.1) is 68.6 Å². The molecule has 1 aliphatic carbocycles. The Bertz CT molecular complexity index is 1930. The molecule has 0 spiro atoms. The molecular formula is C47H56Cl2SiZr. The summed E-state index contributed by atoms with van der Waals surface area (Å²) in [6, 6.07) is 38.9. The third kappa shape index (κ3) is 11.1. The van der Waals surface area contributed by atoms with Crippen molar-refractivity contribution in [2.24, 2.45) is 0 Å². The average molecular weight is 811 g/mol. The van der Waals surface area contributed by atoms with E-state index in [2.05, 4.69) is 165 Å². The SMILES string of the molecule is CC(C)c1cc2c(-c3ccc(C4CCCCC4)cc3)cccc2[cH-]1.C[Si]C.Cc1cc2c(-c3ccc(C(C)(C)C)cc3)ccc(C)c2[cH-]1.[Cl][Zr+2][Cl]. The molecule has 1 saturated carbocycles. The molecule has 6 aromatic rings. The monoisotopic (exact) mass is 808 g/mol. The van der Waals surface area contributed by atoms with Crippen molar-refractivity contribution >= 4 is 48.1 Å². The standard InChI is InChI=1S/C24H27.C21H23.C2H6Si.2ClH.Zr/c1-17(2)22-15-21-9-6-10-23(24(21)16-22)20-13-11-19(12-14-20)18-7-4-3-5-8-18;1-14-12-19-15(2)6-11-18(20(19)13-14)16-7-9-17(10-8-16)21(3,4)5;1-3-2;;;/h6,9-18H,3-5,7-8H2,1-2H3;6-13H,1-5H3;1-2H3;2*1H;/q2*-1;;;;+4/p-2. The Morgan fingerprint density at radius 1 is 0.725 bits per heavy atom. The van der Waals surface area contributed by atoms with Gasteiger partial charge in [-0.25, -0.2) is 0 Å². The molecule has 0 aromatic heterocycles. The molecular weight excluding hydrogens is 755 g/mol. The van der Waals surface area contributed by atoms with E-state index in [1.165, 1.54) is 104 Å². The van der Waals surface area contributed by atoms with Crippen LogP contribution in [0.3, 0.4) is 0 Å². The number of halogens is 2. The maximum atomic E-state index is 4.93. The van der Waals surface area contributed by atoms with Gasteiger partial charge in [-0.2, -0.15) is 12.1 Å². The first-order chi connectivity index (χ1) is 24.4. The average Bonchev–Trinajstić information content (AvgIpc) is 3.74. The molecule has 0 N–H and O–H groups in total. The molecule has 0 unspecified atom stereocenters. The maximum absolute atomic E-state index is 4.93. The second-order valence-electron chi connectivity index (χ2n) is 15.4. The molecule has 0 aliphatic heterocycles. The van der Waals surface area contributed by atoms with E-state index >= 15 is 0 Å². The first-order valence-electron chi connectivity index (χ1n) is 18.5.